The van der Waals surface area contributed by atoms with Gasteiger partial charge in [0, 0.05) is 31.9 Å². The Bertz CT molecular complexity index is 824. The number of rotatable bonds is 7. The highest BCUT2D eigenvalue weighted by atomic mass is 127. The SMILES string of the molecule is CCNC(=NCc1ccc(OC)c(OC)c1)NCc1cn(C)nc1C(F)(F)F.I. The van der Waals surface area contributed by atoms with Crippen LogP contribution < -0.4 is 20.1 Å². The van der Waals surface area contributed by atoms with Gasteiger partial charge in [-0.2, -0.15) is 18.3 Å². The van der Waals surface area contributed by atoms with Crippen molar-refractivity contribution in [1.82, 2.24) is 20.4 Å². The summed E-state index contributed by atoms with van der Waals surface area (Å²) >= 11 is 0. The average molecular weight is 527 g/mol. The number of nitrogens with zero attached hydrogens (tertiary/aromatic N) is 3. The number of hydrogen-bond acceptors (Lipinski definition) is 4. The van der Waals surface area contributed by atoms with Crippen molar-refractivity contribution < 1.29 is 22.6 Å². The molecule has 0 radical (unpaired) electrons. The number of aliphatic imine (C=N–C) groups is 1. The fraction of sp³-hybridized carbons (Fsp3) is 0.444. The van der Waals surface area contributed by atoms with Gasteiger partial charge in [-0.05, 0) is 24.6 Å². The Hall–Kier alpha value is -2.18. The number of aryl methyl sites for hydroxylation is 1. The highest BCUT2D eigenvalue weighted by Gasteiger charge is 2.36. The predicted octanol–water partition coefficient (Wildman–Crippen LogP) is 3.33. The van der Waals surface area contributed by atoms with E-state index in [0.29, 0.717) is 30.5 Å². The monoisotopic (exact) mass is 527 g/mol. The maximum absolute atomic E-state index is 13.1. The number of hydrogen-bond donors (Lipinski definition) is 2. The lowest BCUT2D eigenvalue weighted by Gasteiger charge is -2.13. The fourth-order valence-corrected chi connectivity index (χ4v) is 2.58. The van der Waals surface area contributed by atoms with Gasteiger partial charge in [0.2, 0.25) is 0 Å². The number of methoxy groups -OCH3 is 2. The van der Waals surface area contributed by atoms with E-state index in [4.69, 9.17) is 9.47 Å². The minimum Gasteiger partial charge on any atom is -0.493 e. The van der Waals surface area contributed by atoms with Crippen LogP contribution in [0.5, 0.6) is 11.5 Å². The van der Waals surface area contributed by atoms with Crippen LogP contribution in [0.25, 0.3) is 0 Å². The molecule has 1 heterocycles. The molecule has 0 aliphatic rings. The van der Waals surface area contributed by atoms with Gasteiger partial charge in [0.1, 0.15) is 0 Å². The molecule has 29 heavy (non-hydrogen) atoms. The van der Waals surface area contributed by atoms with Gasteiger partial charge >= 0.3 is 6.18 Å². The normalized spacial score (nSPS) is 11.6. The summed E-state index contributed by atoms with van der Waals surface area (Å²) in [5, 5.41) is 9.43. The molecule has 1 aromatic carbocycles. The Morgan fingerprint density at radius 2 is 1.86 bits per heavy atom. The predicted molar refractivity (Wildman–Crippen MR) is 115 cm³/mol. The lowest BCUT2D eigenvalue weighted by molar-refractivity contribution is -0.142. The van der Waals surface area contributed by atoms with Crippen LogP contribution in [0.15, 0.2) is 29.4 Å². The van der Waals surface area contributed by atoms with Crippen LogP contribution in [0.3, 0.4) is 0 Å². The number of aromatic nitrogens is 2. The van der Waals surface area contributed by atoms with E-state index in [1.165, 1.54) is 13.2 Å². The Balaban J connectivity index is 0.00000420. The van der Waals surface area contributed by atoms with Crippen LogP contribution in [-0.2, 0) is 26.3 Å². The molecule has 0 atom stereocenters. The highest BCUT2D eigenvalue weighted by molar-refractivity contribution is 14.0. The second kappa shape index (κ2) is 11.1. The standard InChI is InChI=1S/C18H24F3N5O2.HI/c1-5-22-17(23-9-12-6-7-14(27-3)15(8-12)28-4)24-10-13-11-26(2)25-16(13)18(19,20)21;/h6-8,11H,5,9-10H2,1-4H3,(H2,22,23,24);1H. The maximum Gasteiger partial charge on any atom is 0.435 e. The molecular formula is C18H25F3IN5O2. The summed E-state index contributed by atoms with van der Waals surface area (Å²) < 4.78 is 50.8. The van der Waals surface area contributed by atoms with Gasteiger partial charge in [-0.3, -0.25) is 4.68 Å². The van der Waals surface area contributed by atoms with Crippen molar-refractivity contribution in [2.45, 2.75) is 26.2 Å². The van der Waals surface area contributed by atoms with Crippen molar-refractivity contribution >= 4 is 29.9 Å². The van der Waals surface area contributed by atoms with Crippen molar-refractivity contribution in [3.8, 4) is 11.5 Å². The van der Waals surface area contributed by atoms with Crippen LogP contribution in [-0.4, -0.2) is 36.5 Å². The minimum atomic E-state index is -4.51. The molecule has 0 fully saturated rings. The summed E-state index contributed by atoms with van der Waals surface area (Å²) in [6.45, 7) is 2.70. The van der Waals surface area contributed by atoms with Crippen molar-refractivity contribution in [1.29, 1.82) is 0 Å². The zero-order valence-corrected chi connectivity index (χ0v) is 19.0. The topological polar surface area (TPSA) is 72.7 Å². The molecule has 0 amide bonds. The number of alkyl halides is 3. The van der Waals surface area contributed by atoms with Gasteiger partial charge in [0.25, 0.3) is 0 Å². The first-order chi connectivity index (χ1) is 13.3. The molecule has 1 aromatic heterocycles. The molecular weight excluding hydrogens is 502 g/mol. The average Bonchev–Trinajstić information content (AvgIpc) is 3.04. The smallest absolute Gasteiger partial charge is 0.435 e. The molecule has 0 unspecified atom stereocenters. The summed E-state index contributed by atoms with van der Waals surface area (Å²) in [6, 6.07) is 5.42. The number of guanidine groups is 1. The minimum absolute atomic E-state index is 0. The first-order valence-corrected chi connectivity index (χ1v) is 8.61. The third-order valence-electron chi connectivity index (χ3n) is 3.83. The van der Waals surface area contributed by atoms with Crippen molar-refractivity contribution in [3.63, 3.8) is 0 Å². The van der Waals surface area contributed by atoms with E-state index in [1.807, 2.05) is 13.0 Å². The Labute approximate surface area is 184 Å². The second-order valence-corrected chi connectivity index (χ2v) is 5.91. The molecule has 2 aromatic rings. The van der Waals surface area contributed by atoms with Gasteiger partial charge in [-0.25, -0.2) is 4.99 Å². The van der Waals surface area contributed by atoms with Crippen LogP contribution in [0.4, 0.5) is 13.2 Å². The quantitative estimate of drug-likeness (QED) is 0.329. The molecule has 162 valence electrons. The molecule has 2 N–H and O–H groups in total. The zero-order valence-electron chi connectivity index (χ0n) is 16.6. The molecule has 0 saturated heterocycles. The summed E-state index contributed by atoms with van der Waals surface area (Å²) in [4.78, 5) is 4.42. The first-order valence-electron chi connectivity index (χ1n) is 8.61. The largest absolute Gasteiger partial charge is 0.493 e. The summed E-state index contributed by atoms with van der Waals surface area (Å²) in [5.41, 5.74) is 0.0113. The lowest BCUT2D eigenvalue weighted by atomic mass is 10.2. The van der Waals surface area contributed by atoms with Gasteiger partial charge in [0.15, 0.2) is 23.2 Å². The van der Waals surface area contributed by atoms with E-state index in [9.17, 15) is 13.2 Å². The third-order valence-corrected chi connectivity index (χ3v) is 3.83. The van der Waals surface area contributed by atoms with Gasteiger partial charge in [-0.15, -0.1) is 24.0 Å². The van der Waals surface area contributed by atoms with Gasteiger partial charge in [0.05, 0.1) is 20.8 Å². The van der Waals surface area contributed by atoms with E-state index in [0.717, 1.165) is 10.2 Å². The summed E-state index contributed by atoms with van der Waals surface area (Å²) in [7, 11) is 4.55. The number of benzene rings is 1. The van der Waals surface area contributed by atoms with Crippen LogP contribution in [0.2, 0.25) is 0 Å². The molecule has 2 rings (SSSR count). The fourth-order valence-electron chi connectivity index (χ4n) is 2.58. The molecule has 7 nitrogen and oxygen atoms in total. The van der Waals surface area contributed by atoms with Crippen molar-refractivity contribution in [3.05, 3.63) is 41.2 Å². The zero-order chi connectivity index (χ0) is 20.7. The highest BCUT2D eigenvalue weighted by Crippen LogP contribution is 2.30. The maximum atomic E-state index is 13.1. The second-order valence-electron chi connectivity index (χ2n) is 5.91. The van der Waals surface area contributed by atoms with E-state index >= 15 is 0 Å². The van der Waals surface area contributed by atoms with Crippen molar-refractivity contribution in [2.24, 2.45) is 12.0 Å². The van der Waals surface area contributed by atoms with Crippen molar-refractivity contribution in [2.75, 3.05) is 20.8 Å². The first kappa shape index (κ1) is 24.9. The van der Waals surface area contributed by atoms with Crippen LogP contribution >= 0.6 is 24.0 Å². The number of ether oxygens (including phenoxy) is 2. The Morgan fingerprint density at radius 1 is 1.17 bits per heavy atom. The summed E-state index contributed by atoms with van der Waals surface area (Å²) in [6.07, 6.45) is -3.17. The molecule has 0 aliphatic heterocycles. The third kappa shape index (κ3) is 6.98. The number of nitrogens with one attached hydrogen (secondary N) is 2. The van der Waals surface area contributed by atoms with E-state index in [1.54, 1.807) is 26.4 Å². The van der Waals surface area contributed by atoms with E-state index in [2.05, 4.69) is 20.7 Å². The van der Waals surface area contributed by atoms with E-state index < -0.39 is 11.9 Å². The van der Waals surface area contributed by atoms with Crippen LogP contribution in [0, 0.1) is 0 Å². The molecule has 0 bridgehead atoms. The molecule has 0 spiro atoms. The Morgan fingerprint density at radius 3 is 2.45 bits per heavy atom. The molecule has 0 saturated carbocycles. The molecule has 11 heteroatoms. The lowest BCUT2D eigenvalue weighted by Crippen LogP contribution is -2.37. The number of halogens is 4. The van der Waals surface area contributed by atoms with Gasteiger partial charge < -0.3 is 20.1 Å². The van der Waals surface area contributed by atoms with Gasteiger partial charge in [-0.1, -0.05) is 6.07 Å². The summed E-state index contributed by atoms with van der Waals surface area (Å²) in [5.74, 6) is 1.59. The van der Waals surface area contributed by atoms with E-state index in [-0.39, 0.29) is 36.1 Å². The molecule has 0 aliphatic carbocycles. The Kier molecular flexibility index (Phi) is 9.53. The van der Waals surface area contributed by atoms with Crippen LogP contribution in [0.1, 0.15) is 23.7 Å².